The van der Waals surface area contributed by atoms with E-state index in [4.69, 9.17) is 11.4 Å². The van der Waals surface area contributed by atoms with Gasteiger partial charge in [0.25, 0.3) is 0 Å². The Morgan fingerprint density at radius 3 is 2.86 bits per heavy atom. The molecule has 4 aromatic rings. The first-order chi connectivity index (χ1) is 14.1. The fourth-order valence-electron chi connectivity index (χ4n) is 4.90. The lowest BCUT2D eigenvalue weighted by atomic mass is 9.97. The van der Waals surface area contributed by atoms with Crippen LogP contribution < -0.4 is 5.32 Å². The molecule has 3 heterocycles. The highest BCUT2D eigenvalue weighted by Gasteiger charge is 2.60. The van der Waals surface area contributed by atoms with Gasteiger partial charge in [0, 0.05) is 23.5 Å². The van der Waals surface area contributed by atoms with Gasteiger partial charge in [-0.05, 0) is 42.5 Å². The Morgan fingerprint density at radius 2 is 2.10 bits per heavy atom. The van der Waals surface area contributed by atoms with Crippen LogP contribution in [0.2, 0.25) is 0 Å². The predicted molar refractivity (Wildman–Crippen MR) is 108 cm³/mol. The standard InChI is InChI=1S/C23H17FN4O/c1-2-14-15-4-6-20(29)21(16(15)3-5-17(14)24)18-10-28-12-27-22(19(28)9-26-18)23-7-13(23)8-25-11-23/h1,3-6,9-10,12-13,25,29H,7-8,11H2. The molecule has 0 radical (unpaired) electrons. The zero-order valence-corrected chi connectivity index (χ0v) is 15.5. The normalized spacial score (nSPS) is 22.7. The van der Waals surface area contributed by atoms with E-state index in [1.807, 2.05) is 16.8 Å². The first-order valence-corrected chi connectivity index (χ1v) is 9.57. The van der Waals surface area contributed by atoms with Crippen molar-refractivity contribution >= 4 is 16.3 Å². The molecular weight excluding hydrogens is 367 g/mol. The van der Waals surface area contributed by atoms with E-state index >= 15 is 0 Å². The van der Waals surface area contributed by atoms with Gasteiger partial charge in [0.2, 0.25) is 0 Å². The summed E-state index contributed by atoms with van der Waals surface area (Å²) >= 11 is 0. The quantitative estimate of drug-likeness (QED) is 0.521. The third-order valence-corrected chi connectivity index (χ3v) is 6.48. The van der Waals surface area contributed by atoms with Crippen LogP contribution in [-0.2, 0) is 5.41 Å². The minimum atomic E-state index is -0.456. The second-order valence-electron chi connectivity index (χ2n) is 7.97. The summed E-state index contributed by atoms with van der Waals surface area (Å²) in [4.78, 5) is 9.33. The van der Waals surface area contributed by atoms with Crippen molar-refractivity contribution in [2.75, 3.05) is 13.1 Å². The van der Waals surface area contributed by atoms with Gasteiger partial charge in [-0.2, -0.15) is 0 Å². The van der Waals surface area contributed by atoms with Crippen molar-refractivity contribution in [1.82, 2.24) is 19.7 Å². The van der Waals surface area contributed by atoms with Gasteiger partial charge >= 0.3 is 0 Å². The largest absolute Gasteiger partial charge is 0.507 e. The van der Waals surface area contributed by atoms with Gasteiger partial charge < -0.3 is 14.8 Å². The van der Waals surface area contributed by atoms with Crippen LogP contribution in [0.1, 0.15) is 17.7 Å². The van der Waals surface area contributed by atoms with E-state index < -0.39 is 5.82 Å². The summed E-state index contributed by atoms with van der Waals surface area (Å²) in [5.74, 6) is 2.68. The molecule has 2 aliphatic rings. The molecule has 6 heteroatoms. The summed E-state index contributed by atoms with van der Waals surface area (Å²) in [5, 5.41) is 15.3. The van der Waals surface area contributed by atoms with Crippen LogP contribution in [0, 0.1) is 24.1 Å². The summed E-state index contributed by atoms with van der Waals surface area (Å²) in [6.45, 7) is 2.00. The van der Waals surface area contributed by atoms with Crippen LogP contribution in [0.15, 0.2) is 43.0 Å². The second kappa shape index (κ2) is 5.56. The molecule has 0 spiro atoms. The topological polar surface area (TPSA) is 62.5 Å². The number of piperidine rings is 1. The molecule has 142 valence electrons. The molecule has 2 atom stereocenters. The summed E-state index contributed by atoms with van der Waals surface area (Å²) in [6, 6.07) is 6.12. The highest BCUT2D eigenvalue weighted by molar-refractivity contribution is 6.01. The summed E-state index contributed by atoms with van der Waals surface area (Å²) in [7, 11) is 0. The van der Waals surface area contributed by atoms with E-state index in [1.165, 1.54) is 18.6 Å². The predicted octanol–water partition coefficient (Wildman–Crippen LogP) is 3.24. The zero-order chi connectivity index (χ0) is 19.8. The maximum Gasteiger partial charge on any atom is 0.139 e. The van der Waals surface area contributed by atoms with Gasteiger partial charge in [0.1, 0.15) is 11.6 Å². The van der Waals surface area contributed by atoms with Crippen LogP contribution in [0.25, 0.3) is 27.5 Å². The number of fused-ring (bicyclic) bond motifs is 3. The van der Waals surface area contributed by atoms with Gasteiger partial charge in [-0.25, -0.2) is 9.37 Å². The van der Waals surface area contributed by atoms with Gasteiger partial charge in [-0.1, -0.05) is 12.0 Å². The van der Waals surface area contributed by atoms with Crippen LogP contribution in [-0.4, -0.2) is 32.6 Å². The Bertz CT molecular complexity index is 1370. The molecule has 1 saturated heterocycles. The Hall–Kier alpha value is -3.43. The lowest BCUT2D eigenvalue weighted by Gasteiger charge is -2.12. The minimum absolute atomic E-state index is 0.0695. The lowest BCUT2D eigenvalue weighted by molar-refractivity contribution is 0.478. The van der Waals surface area contributed by atoms with Crippen molar-refractivity contribution in [1.29, 1.82) is 0 Å². The van der Waals surface area contributed by atoms with Gasteiger partial charge in [0.05, 0.1) is 40.6 Å². The SMILES string of the molecule is C#Cc1c(F)ccc2c(-c3cn4cnc(C56CNCC5C6)c4cn3)c(O)ccc12. The van der Waals surface area contributed by atoms with Gasteiger partial charge in [-0.3, -0.25) is 4.98 Å². The number of nitrogens with zero attached hydrogens (tertiary/aromatic N) is 3. The first-order valence-electron chi connectivity index (χ1n) is 9.57. The molecule has 2 N–H and O–H groups in total. The Morgan fingerprint density at radius 1 is 1.24 bits per heavy atom. The molecule has 5 nitrogen and oxygen atoms in total. The number of terminal acetylenes is 1. The minimum Gasteiger partial charge on any atom is -0.507 e. The van der Waals surface area contributed by atoms with E-state index in [-0.39, 0.29) is 16.7 Å². The molecular formula is C23H17FN4O. The number of benzene rings is 2. The molecule has 0 amide bonds. The lowest BCUT2D eigenvalue weighted by Crippen LogP contribution is -2.19. The molecule has 29 heavy (non-hydrogen) atoms. The summed E-state index contributed by atoms with van der Waals surface area (Å²) in [5.41, 5.74) is 3.50. The van der Waals surface area contributed by atoms with E-state index in [0.29, 0.717) is 27.9 Å². The number of phenols is 1. The number of hydrogen-bond donors (Lipinski definition) is 2. The number of rotatable bonds is 2. The van der Waals surface area contributed by atoms with Crippen molar-refractivity contribution in [2.24, 2.45) is 5.92 Å². The fourth-order valence-corrected chi connectivity index (χ4v) is 4.90. The van der Waals surface area contributed by atoms with Gasteiger partial charge in [-0.15, -0.1) is 6.42 Å². The fraction of sp³-hybridized carbons (Fsp3) is 0.217. The van der Waals surface area contributed by atoms with E-state index in [1.54, 1.807) is 18.5 Å². The number of nitrogens with one attached hydrogen (secondary N) is 1. The number of halogens is 1. The smallest absolute Gasteiger partial charge is 0.139 e. The molecule has 2 aromatic carbocycles. The Balaban J connectivity index is 1.55. The third-order valence-electron chi connectivity index (χ3n) is 6.48. The van der Waals surface area contributed by atoms with Crippen LogP contribution in [0.4, 0.5) is 4.39 Å². The number of phenolic OH excluding ortho intramolecular Hbond substituents is 1. The van der Waals surface area contributed by atoms with Crippen LogP contribution in [0.3, 0.4) is 0 Å². The van der Waals surface area contributed by atoms with E-state index in [2.05, 4.69) is 16.2 Å². The molecule has 6 rings (SSSR count). The maximum atomic E-state index is 14.1. The average Bonchev–Trinajstić information content (AvgIpc) is 3.08. The molecule has 2 unspecified atom stereocenters. The average molecular weight is 384 g/mol. The molecule has 0 bridgehead atoms. The van der Waals surface area contributed by atoms with Crippen molar-refractivity contribution in [2.45, 2.75) is 11.8 Å². The number of aromatic nitrogens is 3. The highest BCUT2D eigenvalue weighted by atomic mass is 19.1. The number of imidazole rings is 1. The van der Waals surface area contributed by atoms with Crippen LogP contribution >= 0.6 is 0 Å². The Kier molecular flexibility index (Phi) is 3.16. The second-order valence-corrected chi connectivity index (χ2v) is 7.97. The van der Waals surface area contributed by atoms with Crippen molar-refractivity contribution < 1.29 is 9.50 Å². The zero-order valence-electron chi connectivity index (χ0n) is 15.5. The third kappa shape index (κ3) is 2.13. The first kappa shape index (κ1) is 16.5. The monoisotopic (exact) mass is 384 g/mol. The Labute approximate surface area is 166 Å². The van der Waals surface area contributed by atoms with Crippen molar-refractivity contribution in [3.05, 3.63) is 60.1 Å². The molecule has 1 aliphatic carbocycles. The van der Waals surface area contributed by atoms with E-state index in [9.17, 15) is 9.50 Å². The van der Waals surface area contributed by atoms with Crippen molar-refractivity contribution in [3.63, 3.8) is 0 Å². The van der Waals surface area contributed by atoms with Crippen LogP contribution in [0.5, 0.6) is 5.75 Å². The van der Waals surface area contributed by atoms with Gasteiger partial charge in [0.15, 0.2) is 0 Å². The molecule has 1 saturated carbocycles. The molecule has 2 fully saturated rings. The highest BCUT2D eigenvalue weighted by Crippen LogP contribution is 2.56. The summed E-state index contributed by atoms with van der Waals surface area (Å²) < 4.78 is 16.1. The number of aromatic hydroxyl groups is 1. The van der Waals surface area contributed by atoms with Crippen molar-refractivity contribution in [3.8, 4) is 29.4 Å². The number of hydrogen-bond acceptors (Lipinski definition) is 4. The summed E-state index contributed by atoms with van der Waals surface area (Å²) in [6.07, 6.45) is 12.1. The molecule has 2 aromatic heterocycles. The maximum absolute atomic E-state index is 14.1. The van der Waals surface area contributed by atoms with E-state index in [0.717, 1.165) is 24.3 Å². The molecule has 1 aliphatic heterocycles.